The Kier molecular flexibility index (Phi) is 4.91. The Bertz CT molecular complexity index is 367. The van der Waals surface area contributed by atoms with Gasteiger partial charge in [-0.15, -0.1) is 0 Å². The second-order valence-corrected chi connectivity index (χ2v) is 6.32. The summed E-state index contributed by atoms with van der Waals surface area (Å²) in [5.41, 5.74) is 0. The Morgan fingerprint density at radius 2 is 2.00 bits per heavy atom. The molecule has 0 aliphatic heterocycles. The van der Waals surface area contributed by atoms with Crippen LogP contribution in [0.3, 0.4) is 0 Å². The number of aliphatic hydroxyl groups excluding tert-OH is 1. The summed E-state index contributed by atoms with van der Waals surface area (Å²) in [6.07, 6.45) is 2.26. The van der Waals surface area contributed by atoms with Gasteiger partial charge in [0.15, 0.2) is 5.25 Å². The van der Waals surface area contributed by atoms with Gasteiger partial charge in [-0.05, 0) is 19.8 Å². The normalized spacial score (nSPS) is 27.5. The minimum Gasteiger partial charge on any atom is -0.468 e. The minimum atomic E-state index is -3.79. The first-order chi connectivity index (χ1) is 7.88. The van der Waals surface area contributed by atoms with Crippen molar-refractivity contribution in [3.63, 3.8) is 0 Å². The fourth-order valence-electron chi connectivity index (χ4n) is 1.85. The predicted molar refractivity (Wildman–Crippen MR) is 61.8 cm³/mol. The highest BCUT2D eigenvalue weighted by atomic mass is 32.2. The summed E-state index contributed by atoms with van der Waals surface area (Å²) in [6.45, 7) is 1.27. The lowest BCUT2D eigenvalue weighted by Gasteiger charge is -2.28. The number of hydrogen-bond acceptors (Lipinski definition) is 5. The van der Waals surface area contributed by atoms with Gasteiger partial charge in [0.05, 0.1) is 13.2 Å². The summed E-state index contributed by atoms with van der Waals surface area (Å²) < 4.78 is 30.4. The van der Waals surface area contributed by atoms with Gasteiger partial charge in [0.25, 0.3) is 0 Å². The first-order valence-electron chi connectivity index (χ1n) is 5.65. The average molecular weight is 265 g/mol. The molecule has 1 fully saturated rings. The van der Waals surface area contributed by atoms with Gasteiger partial charge >= 0.3 is 5.97 Å². The second-order valence-electron chi connectivity index (χ2n) is 4.29. The molecule has 1 rings (SSSR count). The van der Waals surface area contributed by atoms with E-state index in [9.17, 15) is 18.3 Å². The Morgan fingerprint density at radius 3 is 2.53 bits per heavy atom. The molecule has 7 heteroatoms. The molecule has 0 amide bonds. The van der Waals surface area contributed by atoms with Crippen molar-refractivity contribution in [2.45, 2.75) is 50.0 Å². The lowest BCUT2D eigenvalue weighted by atomic mass is 9.93. The maximum absolute atomic E-state index is 11.8. The van der Waals surface area contributed by atoms with Crippen LogP contribution in [0.25, 0.3) is 0 Å². The minimum absolute atomic E-state index is 0.499. The molecule has 0 saturated heterocycles. The monoisotopic (exact) mass is 265 g/mol. The number of sulfonamides is 1. The number of carbonyl (C=O) groups is 1. The molecular formula is C10H19NO5S. The predicted octanol–water partition coefficient (Wildman–Crippen LogP) is -0.229. The van der Waals surface area contributed by atoms with E-state index in [1.165, 1.54) is 6.92 Å². The highest BCUT2D eigenvalue weighted by Crippen LogP contribution is 2.19. The molecule has 17 heavy (non-hydrogen) atoms. The summed E-state index contributed by atoms with van der Waals surface area (Å²) in [4.78, 5) is 11.2. The summed E-state index contributed by atoms with van der Waals surface area (Å²) in [5.74, 6) is -0.803. The zero-order chi connectivity index (χ0) is 13.1. The summed E-state index contributed by atoms with van der Waals surface area (Å²) in [7, 11) is -2.65. The number of rotatable bonds is 4. The summed E-state index contributed by atoms with van der Waals surface area (Å²) in [5, 5.41) is 8.40. The first-order valence-corrected chi connectivity index (χ1v) is 7.20. The van der Waals surface area contributed by atoms with Crippen LogP contribution in [0, 0.1) is 0 Å². The summed E-state index contributed by atoms with van der Waals surface area (Å²) in [6, 6.07) is -0.499. The van der Waals surface area contributed by atoms with E-state index in [1.54, 1.807) is 0 Å². The lowest BCUT2D eigenvalue weighted by Crippen LogP contribution is -2.49. The van der Waals surface area contributed by atoms with Crippen LogP contribution in [-0.2, 0) is 19.6 Å². The molecule has 0 bridgehead atoms. The van der Waals surface area contributed by atoms with Crippen molar-refractivity contribution < 1.29 is 23.1 Å². The third-order valence-corrected chi connectivity index (χ3v) is 4.80. The van der Waals surface area contributed by atoms with Gasteiger partial charge in [-0.3, -0.25) is 4.79 Å². The summed E-state index contributed by atoms with van der Waals surface area (Å²) >= 11 is 0. The Labute approximate surface area is 101 Å². The van der Waals surface area contributed by atoms with Gasteiger partial charge in [-0.1, -0.05) is 12.8 Å². The molecule has 0 aromatic heterocycles. The largest absolute Gasteiger partial charge is 0.468 e. The number of aliphatic hydroxyl groups is 1. The third kappa shape index (κ3) is 3.65. The van der Waals surface area contributed by atoms with E-state index in [4.69, 9.17) is 0 Å². The van der Waals surface area contributed by atoms with Crippen LogP contribution >= 0.6 is 0 Å². The molecule has 1 unspecified atom stereocenters. The van der Waals surface area contributed by atoms with Crippen LogP contribution in [0.5, 0.6) is 0 Å². The topological polar surface area (TPSA) is 92.7 Å². The fourth-order valence-corrected chi connectivity index (χ4v) is 3.11. The van der Waals surface area contributed by atoms with Gasteiger partial charge in [0.1, 0.15) is 0 Å². The molecule has 6 nitrogen and oxygen atoms in total. The fraction of sp³-hybridized carbons (Fsp3) is 0.900. The van der Waals surface area contributed by atoms with Crippen molar-refractivity contribution in [1.29, 1.82) is 0 Å². The van der Waals surface area contributed by atoms with Crippen molar-refractivity contribution in [3.8, 4) is 0 Å². The number of methoxy groups -OCH3 is 1. The van der Waals surface area contributed by atoms with E-state index < -0.39 is 33.4 Å². The zero-order valence-corrected chi connectivity index (χ0v) is 10.9. The quantitative estimate of drug-likeness (QED) is 0.685. The van der Waals surface area contributed by atoms with Gasteiger partial charge in [0, 0.05) is 6.04 Å². The molecule has 0 heterocycles. The molecule has 0 aromatic rings. The van der Waals surface area contributed by atoms with Crippen LogP contribution in [0.1, 0.15) is 32.6 Å². The zero-order valence-electron chi connectivity index (χ0n) is 10.0. The highest BCUT2D eigenvalue weighted by Gasteiger charge is 2.34. The molecule has 1 aliphatic rings. The Hall–Kier alpha value is -0.660. The van der Waals surface area contributed by atoms with E-state index in [1.807, 2.05) is 0 Å². The molecule has 0 spiro atoms. The lowest BCUT2D eigenvalue weighted by molar-refractivity contribution is -0.139. The standard InChI is InChI=1S/C10H19NO5S/c1-7(10(13)16-2)17(14,15)11-8-5-3-4-6-9(8)12/h7-9,11-12H,3-6H2,1-2H3/t7?,8-,9-/m1/s1. The van der Waals surface area contributed by atoms with Crippen molar-refractivity contribution in [2.24, 2.45) is 0 Å². The molecular weight excluding hydrogens is 246 g/mol. The highest BCUT2D eigenvalue weighted by molar-refractivity contribution is 7.90. The molecule has 1 aliphatic carbocycles. The van der Waals surface area contributed by atoms with Crippen molar-refractivity contribution in [1.82, 2.24) is 4.72 Å². The molecule has 0 aromatic carbocycles. The number of hydrogen-bond donors (Lipinski definition) is 2. The van der Waals surface area contributed by atoms with Gasteiger partial charge in [-0.2, -0.15) is 0 Å². The average Bonchev–Trinajstić information content (AvgIpc) is 2.30. The van der Waals surface area contributed by atoms with Crippen LogP contribution in [-0.4, -0.2) is 44.0 Å². The molecule has 100 valence electrons. The van der Waals surface area contributed by atoms with E-state index in [2.05, 4.69) is 9.46 Å². The SMILES string of the molecule is COC(=O)C(C)S(=O)(=O)N[C@@H]1CCCC[C@H]1O. The van der Waals surface area contributed by atoms with Crippen LogP contribution in [0.4, 0.5) is 0 Å². The third-order valence-electron chi connectivity index (χ3n) is 3.04. The maximum Gasteiger partial charge on any atom is 0.325 e. The van der Waals surface area contributed by atoms with E-state index in [0.29, 0.717) is 12.8 Å². The number of ether oxygens (including phenoxy) is 1. The van der Waals surface area contributed by atoms with E-state index in [0.717, 1.165) is 20.0 Å². The van der Waals surface area contributed by atoms with Gasteiger partial charge < -0.3 is 9.84 Å². The maximum atomic E-state index is 11.8. The van der Waals surface area contributed by atoms with Crippen LogP contribution < -0.4 is 4.72 Å². The Balaban J connectivity index is 2.68. The smallest absolute Gasteiger partial charge is 0.325 e. The number of carbonyl (C=O) groups excluding carboxylic acids is 1. The van der Waals surface area contributed by atoms with Gasteiger partial charge in [-0.25, -0.2) is 13.1 Å². The van der Waals surface area contributed by atoms with E-state index in [-0.39, 0.29) is 0 Å². The Morgan fingerprint density at radius 1 is 1.41 bits per heavy atom. The second kappa shape index (κ2) is 5.79. The van der Waals surface area contributed by atoms with Crippen LogP contribution in [0.2, 0.25) is 0 Å². The first kappa shape index (κ1) is 14.4. The number of nitrogens with one attached hydrogen (secondary N) is 1. The number of esters is 1. The molecule has 2 N–H and O–H groups in total. The van der Waals surface area contributed by atoms with Crippen molar-refractivity contribution in [2.75, 3.05) is 7.11 Å². The molecule has 0 radical (unpaired) electrons. The molecule has 1 saturated carbocycles. The van der Waals surface area contributed by atoms with Crippen molar-refractivity contribution in [3.05, 3.63) is 0 Å². The molecule has 3 atom stereocenters. The van der Waals surface area contributed by atoms with Gasteiger partial charge in [0.2, 0.25) is 10.0 Å². The van der Waals surface area contributed by atoms with E-state index >= 15 is 0 Å². The van der Waals surface area contributed by atoms with Crippen LogP contribution in [0.15, 0.2) is 0 Å². The van der Waals surface area contributed by atoms with Crippen molar-refractivity contribution >= 4 is 16.0 Å².